The molecular weight excluding hydrogens is 362 g/mol. The second-order valence-corrected chi connectivity index (χ2v) is 5.91. The van der Waals surface area contributed by atoms with Crippen LogP contribution in [-0.2, 0) is 11.2 Å². The SMILES string of the molecule is COc1ccccc1NC(=O)C(Cc1ccc(OC)c(OC)c1)c1nn[nH]n1. The maximum Gasteiger partial charge on any atom is 0.235 e. The summed E-state index contributed by atoms with van der Waals surface area (Å²) in [5.74, 6) is 1.11. The van der Waals surface area contributed by atoms with Crippen molar-refractivity contribution in [1.29, 1.82) is 0 Å². The average Bonchev–Trinajstić information content (AvgIpc) is 3.26. The average molecular weight is 383 g/mol. The number of aromatic nitrogens is 4. The Balaban J connectivity index is 1.87. The lowest BCUT2D eigenvalue weighted by Gasteiger charge is -2.16. The number of nitrogens with zero attached hydrogens (tertiary/aromatic N) is 3. The van der Waals surface area contributed by atoms with Crippen LogP contribution in [0.25, 0.3) is 0 Å². The third-order valence-corrected chi connectivity index (χ3v) is 4.24. The van der Waals surface area contributed by atoms with Crippen LogP contribution in [0.15, 0.2) is 42.5 Å². The first-order valence-electron chi connectivity index (χ1n) is 8.54. The van der Waals surface area contributed by atoms with Crippen LogP contribution in [0.4, 0.5) is 5.69 Å². The molecule has 0 radical (unpaired) electrons. The minimum absolute atomic E-state index is 0.277. The molecule has 1 amide bonds. The number of nitrogens with one attached hydrogen (secondary N) is 2. The summed E-state index contributed by atoms with van der Waals surface area (Å²) in [6, 6.07) is 12.7. The zero-order valence-corrected chi connectivity index (χ0v) is 15.8. The van der Waals surface area contributed by atoms with Gasteiger partial charge in [0.15, 0.2) is 17.3 Å². The highest BCUT2D eigenvalue weighted by atomic mass is 16.5. The van der Waals surface area contributed by atoms with E-state index in [2.05, 4.69) is 25.9 Å². The third kappa shape index (κ3) is 4.20. The Hall–Kier alpha value is -3.62. The number of rotatable bonds is 8. The van der Waals surface area contributed by atoms with Gasteiger partial charge in [-0.1, -0.05) is 23.4 Å². The number of hydrogen-bond acceptors (Lipinski definition) is 7. The summed E-state index contributed by atoms with van der Waals surface area (Å²) < 4.78 is 15.9. The molecule has 9 nitrogen and oxygen atoms in total. The van der Waals surface area contributed by atoms with Crippen LogP contribution >= 0.6 is 0 Å². The molecule has 3 rings (SSSR count). The Labute approximate surface area is 162 Å². The molecule has 1 unspecified atom stereocenters. The van der Waals surface area contributed by atoms with Crippen molar-refractivity contribution in [3.05, 3.63) is 53.9 Å². The number of H-pyrrole nitrogens is 1. The van der Waals surface area contributed by atoms with E-state index in [1.54, 1.807) is 39.5 Å². The first-order chi connectivity index (χ1) is 13.7. The van der Waals surface area contributed by atoms with Crippen LogP contribution in [0.5, 0.6) is 17.2 Å². The minimum Gasteiger partial charge on any atom is -0.495 e. The lowest BCUT2D eigenvalue weighted by molar-refractivity contribution is -0.117. The van der Waals surface area contributed by atoms with Crippen LogP contribution in [-0.4, -0.2) is 47.9 Å². The summed E-state index contributed by atoms with van der Waals surface area (Å²) in [5.41, 5.74) is 1.43. The maximum atomic E-state index is 13.0. The van der Waals surface area contributed by atoms with E-state index in [-0.39, 0.29) is 5.91 Å². The number of aromatic amines is 1. The van der Waals surface area contributed by atoms with Crippen molar-refractivity contribution in [3.63, 3.8) is 0 Å². The molecule has 0 aliphatic carbocycles. The van der Waals surface area contributed by atoms with Gasteiger partial charge in [-0.2, -0.15) is 5.21 Å². The van der Waals surface area contributed by atoms with E-state index in [4.69, 9.17) is 14.2 Å². The van der Waals surface area contributed by atoms with Gasteiger partial charge in [0.1, 0.15) is 11.7 Å². The van der Waals surface area contributed by atoms with Crippen molar-refractivity contribution >= 4 is 11.6 Å². The van der Waals surface area contributed by atoms with Gasteiger partial charge in [0, 0.05) is 0 Å². The van der Waals surface area contributed by atoms with Crippen molar-refractivity contribution in [2.45, 2.75) is 12.3 Å². The monoisotopic (exact) mass is 383 g/mol. The molecule has 0 saturated heterocycles. The zero-order chi connectivity index (χ0) is 19.9. The molecule has 1 aromatic heterocycles. The van der Waals surface area contributed by atoms with E-state index in [1.165, 1.54) is 0 Å². The highest BCUT2D eigenvalue weighted by molar-refractivity contribution is 5.96. The molecular formula is C19H21N5O4. The second-order valence-electron chi connectivity index (χ2n) is 5.91. The number of amides is 1. The molecule has 0 saturated carbocycles. The minimum atomic E-state index is -0.665. The standard InChI is InChI=1S/C19H21N5O4/c1-26-15-7-5-4-6-14(15)20-19(25)13(18-21-23-24-22-18)10-12-8-9-16(27-2)17(11-12)28-3/h4-9,11,13H,10H2,1-3H3,(H,20,25)(H,21,22,23,24). The highest BCUT2D eigenvalue weighted by Crippen LogP contribution is 2.30. The van der Waals surface area contributed by atoms with Crippen molar-refractivity contribution in [1.82, 2.24) is 20.6 Å². The Kier molecular flexibility index (Phi) is 6.05. The van der Waals surface area contributed by atoms with Gasteiger partial charge in [0.25, 0.3) is 0 Å². The number of carbonyl (C=O) groups is 1. The fourth-order valence-corrected chi connectivity index (χ4v) is 2.83. The van der Waals surface area contributed by atoms with E-state index < -0.39 is 5.92 Å². The predicted octanol–water partition coefficient (Wildman–Crippen LogP) is 2.19. The summed E-state index contributed by atoms with van der Waals surface area (Å²) in [6.45, 7) is 0. The zero-order valence-electron chi connectivity index (χ0n) is 15.8. The first kappa shape index (κ1) is 19.2. The maximum absolute atomic E-state index is 13.0. The molecule has 2 aromatic carbocycles. The number of tetrazole rings is 1. The van der Waals surface area contributed by atoms with Crippen molar-refractivity contribution in [2.24, 2.45) is 0 Å². The number of para-hydroxylation sites is 2. The molecule has 0 spiro atoms. The van der Waals surface area contributed by atoms with Gasteiger partial charge < -0.3 is 19.5 Å². The normalized spacial score (nSPS) is 11.5. The molecule has 0 aliphatic heterocycles. The van der Waals surface area contributed by atoms with Crippen molar-refractivity contribution in [3.8, 4) is 17.2 Å². The quantitative estimate of drug-likeness (QED) is 0.613. The summed E-state index contributed by atoms with van der Waals surface area (Å²) in [4.78, 5) is 13.0. The molecule has 28 heavy (non-hydrogen) atoms. The van der Waals surface area contributed by atoms with Crippen LogP contribution in [0.1, 0.15) is 17.3 Å². The van der Waals surface area contributed by atoms with Gasteiger partial charge in [0.05, 0.1) is 27.0 Å². The topological polar surface area (TPSA) is 111 Å². The first-order valence-corrected chi connectivity index (χ1v) is 8.54. The van der Waals surface area contributed by atoms with Crippen molar-refractivity contribution in [2.75, 3.05) is 26.6 Å². The van der Waals surface area contributed by atoms with Gasteiger partial charge in [-0.25, -0.2) is 0 Å². The van der Waals surface area contributed by atoms with Gasteiger partial charge in [-0.3, -0.25) is 4.79 Å². The Morgan fingerprint density at radius 3 is 2.46 bits per heavy atom. The van der Waals surface area contributed by atoms with E-state index in [1.807, 2.05) is 24.3 Å². The largest absolute Gasteiger partial charge is 0.495 e. The van der Waals surface area contributed by atoms with Crippen LogP contribution in [0.2, 0.25) is 0 Å². The number of ether oxygens (including phenoxy) is 3. The number of benzene rings is 2. The number of methoxy groups -OCH3 is 3. The van der Waals surface area contributed by atoms with Gasteiger partial charge in [-0.05, 0) is 36.2 Å². The van der Waals surface area contributed by atoms with E-state index in [0.29, 0.717) is 35.2 Å². The van der Waals surface area contributed by atoms with Crippen LogP contribution in [0.3, 0.4) is 0 Å². The molecule has 1 atom stereocenters. The Morgan fingerprint density at radius 2 is 1.79 bits per heavy atom. The second kappa shape index (κ2) is 8.85. The molecule has 0 fully saturated rings. The Bertz CT molecular complexity index is 930. The fourth-order valence-electron chi connectivity index (χ4n) is 2.83. The van der Waals surface area contributed by atoms with Gasteiger partial charge in [-0.15, -0.1) is 10.2 Å². The lowest BCUT2D eigenvalue weighted by Crippen LogP contribution is -2.24. The molecule has 0 bridgehead atoms. The summed E-state index contributed by atoms with van der Waals surface area (Å²) >= 11 is 0. The van der Waals surface area contributed by atoms with E-state index >= 15 is 0 Å². The highest BCUT2D eigenvalue weighted by Gasteiger charge is 2.26. The van der Waals surface area contributed by atoms with Crippen LogP contribution in [0, 0.1) is 0 Å². The molecule has 9 heteroatoms. The van der Waals surface area contributed by atoms with Crippen LogP contribution < -0.4 is 19.5 Å². The molecule has 146 valence electrons. The Morgan fingerprint density at radius 1 is 1.04 bits per heavy atom. The van der Waals surface area contributed by atoms with E-state index in [0.717, 1.165) is 5.56 Å². The number of carbonyl (C=O) groups excluding carboxylic acids is 1. The summed E-state index contributed by atoms with van der Waals surface area (Å²) in [5, 5.41) is 16.9. The fraction of sp³-hybridized carbons (Fsp3) is 0.263. The molecule has 0 aliphatic rings. The molecule has 1 heterocycles. The number of hydrogen-bond donors (Lipinski definition) is 2. The number of anilines is 1. The van der Waals surface area contributed by atoms with Gasteiger partial charge >= 0.3 is 0 Å². The summed E-state index contributed by atoms with van der Waals surface area (Å²) in [7, 11) is 4.68. The molecule has 2 N–H and O–H groups in total. The third-order valence-electron chi connectivity index (χ3n) is 4.24. The lowest BCUT2D eigenvalue weighted by atomic mass is 9.97. The predicted molar refractivity (Wildman–Crippen MR) is 102 cm³/mol. The smallest absolute Gasteiger partial charge is 0.235 e. The molecule has 3 aromatic rings. The summed E-state index contributed by atoms with van der Waals surface area (Å²) in [6.07, 6.45) is 0.348. The van der Waals surface area contributed by atoms with E-state index in [9.17, 15) is 4.79 Å². The van der Waals surface area contributed by atoms with Crippen molar-refractivity contribution < 1.29 is 19.0 Å². The van der Waals surface area contributed by atoms with Gasteiger partial charge in [0.2, 0.25) is 5.91 Å².